The van der Waals surface area contributed by atoms with Gasteiger partial charge in [-0.1, -0.05) is 30.4 Å². The fraction of sp³-hybridized carbons (Fsp3) is 0.591. The van der Waals surface area contributed by atoms with E-state index in [0.29, 0.717) is 6.61 Å². The summed E-state index contributed by atoms with van der Waals surface area (Å²) in [5.41, 5.74) is 1.48. The third-order valence-corrected chi connectivity index (χ3v) is 8.35. The van der Waals surface area contributed by atoms with Crippen LogP contribution in [0.5, 0.6) is 0 Å². The van der Waals surface area contributed by atoms with Crippen molar-refractivity contribution in [3.05, 3.63) is 42.0 Å². The summed E-state index contributed by atoms with van der Waals surface area (Å²) >= 11 is 0. The molecule has 1 aromatic carbocycles. The molecule has 6 aliphatic rings. The molecule has 27 heavy (non-hydrogen) atoms. The van der Waals surface area contributed by atoms with Gasteiger partial charge in [0.15, 0.2) is 0 Å². The molecule has 0 unspecified atom stereocenters. The lowest BCUT2D eigenvalue weighted by Gasteiger charge is -2.69. The Hall–Kier alpha value is -1.85. The average Bonchev–Trinajstić information content (AvgIpc) is 3.21. The molecule has 3 saturated carbocycles. The van der Waals surface area contributed by atoms with E-state index in [9.17, 15) is 9.90 Å². The zero-order valence-electron chi connectivity index (χ0n) is 15.6. The van der Waals surface area contributed by atoms with E-state index < -0.39 is 17.6 Å². The summed E-state index contributed by atoms with van der Waals surface area (Å²) in [7, 11) is 0. The van der Waals surface area contributed by atoms with Gasteiger partial charge in [0.1, 0.15) is 5.92 Å². The average molecular weight is 366 g/mol. The minimum absolute atomic E-state index is 0.150. The van der Waals surface area contributed by atoms with Crippen molar-refractivity contribution in [1.82, 2.24) is 4.90 Å². The quantitative estimate of drug-likeness (QED) is 0.620. The molecule has 2 N–H and O–H groups in total. The molecule has 0 radical (unpaired) electrons. The first kappa shape index (κ1) is 16.1. The number of hydrogen-bond acceptors (Lipinski definition) is 5. The van der Waals surface area contributed by atoms with Crippen molar-refractivity contribution < 1.29 is 14.6 Å². The number of fused-ring (bicyclic) bond motifs is 3. The molecule has 2 bridgehead atoms. The Morgan fingerprint density at radius 2 is 2.19 bits per heavy atom. The lowest BCUT2D eigenvalue weighted by atomic mass is 9.38. The molecule has 3 aliphatic carbocycles. The Morgan fingerprint density at radius 3 is 3.04 bits per heavy atom. The summed E-state index contributed by atoms with van der Waals surface area (Å²) in [5.74, 6) is -0.794. The number of benzene rings is 1. The third-order valence-electron chi connectivity index (χ3n) is 8.35. The van der Waals surface area contributed by atoms with E-state index >= 15 is 0 Å². The van der Waals surface area contributed by atoms with Gasteiger partial charge in [-0.25, -0.2) is 0 Å². The molecule has 1 saturated heterocycles. The van der Waals surface area contributed by atoms with E-state index in [4.69, 9.17) is 4.74 Å². The zero-order chi connectivity index (χ0) is 18.4. The fourth-order valence-corrected chi connectivity index (χ4v) is 7.69. The Kier molecular flexibility index (Phi) is 2.96. The largest absolute Gasteiger partial charge is 0.466 e. The highest BCUT2D eigenvalue weighted by atomic mass is 16.5. The van der Waals surface area contributed by atoms with E-state index in [1.807, 2.05) is 6.92 Å². The molecule has 6 atom stereocenters. The van der Waals surface area contributed by atoms with Crippen LogP contribution in [0.25, 0.3) is 0 Å². The molecule has 3 spiro atoms. The summed E-state index contributed by atoms with van der Waals surface area (Å²) in [6, 6.07) is 8.78. The maximum atomic E-state index is 13.2. The van der Waals surface area contributed by atoms with E-state index in [1.165, 1.54) is 5.56 Å². The first-order valence-corrected chi connectivity index (χ1v) is 10.2. The van der Waals surface area contributed by atoms with Crippen LogP contribution in [0, 0.1) is 11.3 Å². The van der Waals surface area contributed by atoms with Crippen LogP contribution in [-0.4, -0.2) is 53.4 Å². The Bertz CT molecular complexity index is 869. The van der Waals surface area contributed by atoms with Gasteiger partial charge in [-0.05, 0) is 44.4 Å². The first-order chi connectivity index (χ1) is 13.1. The second-order valence-corrected chi connectivity index (χ2v) is 8.95. The fourth-order valence-electron chi connectivity index (χ4n) is 7.69. The third kappa shape index (κ3) is 1.52. The zero-order valence-corrected chi connectivity index (χ0v) is 15.6. The summed E-state index contributed by atoms with van der Waals surface area (Å²) in [6.45, 7) is 4.13. The van der Waals surface area contributed by atoms with Gasteiger partial charge in [0.25, 0.3) is 0 Å². The minimum Gasteiger partial charge on any atom is -0.466 e. The number of carbonyl (C=O) groups excluding carboxylic acids is 1. The van der Waals surface area contributed by atoms with Gasteiger partial charge in [0.05, 0.1) is 18.2 Å². The van der Waals surface area contributed by atoms with Gasteiger partial charge in [0, 0.05) is 29.1 Å². The van der Waals surface area contributed by atoms with Crippen LogP contribution in [0.15, 0.2) is 36.4 Å². The molecular weight excluding hydrogens is 340 g/mol. The number of aliphatic hydroxyl groups is 1. The number of aliphatic hydroxyl groups excluding tert-OH is 1. The van der Waals surface area contributed by atoms with E-state index in [2.05, 4.69) is 46.6 Å². The van der Waals surface area contributed by atoms with Crippen LogP contribution in [0.4, 0.5) is 5.69 Å². The SMILES string of the molecule is CCOC(=O)[C@@H]1[C@@H](O)[C@@]23C=CCN4CC[C@@]5(c6ccccc6N[C@]15CC2)[C@@H]43. The first-order valence-electron chi connectivity index (χ1n) is 10.2. The van der Waals surface area contributed by atoms with Gasteiger partial charge in [0.2, 0.25) is 0 Å². The van der Waals surface area contributed by atoms with Gasteiger partial charge in [-0.3, -0.25) is 9.69 Å². The lowest BCUT2D eigenvalue weighted by Crippen LogP contribution is -2.81. The van der Waals surface area contributed by atoms with Gasteiger partial charge in [-0.2, -0.15) is 0 Å². The van der Waals surface area contributed by atoms with Crippen molar-refractivity contribution in [2.24, 2.45) is 11.3 Å². The lowest BCUT2D eigenvalue weighted by molar-refractivity contribution is -0.195. The maximum Gasteiger partial charge on any atom is 0.314 e. The predicted octanol–water partition coefficient (Wildman–Crippen LogP) is 2.07. The number of esters is 1. The molecule has 7 rings (SSSR count). The molecule has 142 valence electrons. The summed E-state index contributed by atoms with van der Waals surface area (Å²) < 4.78 is 5.51. The number of para-hydroxylation sites is 1. The van der Waals surface area contributed by atoms with Crippen molar-refractivity contribution >= 4 is 11.7 Å². The molecule has 1 aromatic rings. The number of carbonyl (C=O) groups is 1. The minimum atomic E-state index is -0.720. The smallest absolute Gasteiger partial charge is 0.314 e. The van der Waals surface area contributed by atoms with Crippen molar-refractivity contribution in [2.45, 2.75) is 49.3 Å². The molecule has 5 heteroatoms. The van der Waals surface area contributed by atoms with Crippen LogP contribution in [0.3, 0.4) is 0 Å². The Morgan fingerprint density at radius 1 is 1.33 bits per heavy atom. The van der Waals surface area contributed by atoms with Crippen LogP contribution in [0.2, 0.25) is 0 Å². The number of rotatable bonds is 2. The van der Waals surface area contributed by atoms with Crippen LogP contribution in [0.1, 0.15) is 31.7 Å². The van der Waals surface area contributed by atoms with Crippen LogP contribution >= 0.6 is 0 Å². The van der Waals surface area contributed by atoms with Gasteiger partial charge in [-0.15, -0.1) is 0 Å². The molecule has 3 aliphatic heterocycles. The van der Waals surface area contributed by atoms with E-state index in [0.717, 1.165) is 38.0 Å². The highest BCUT2D eigenvalue weighted by Crippen LogP contribution is 2.73. The van der Waals surface area contributed by atoms with Crippen molar-refractivity contribution in [1.29, 1.82) is 0 Å². The predicted molar refractivity (Wildman–Crippen MR) is 101 cm³/mol. The molecule has 5 nitrogen and oxygen atoms in total. The molecular formula is C22H26N2O3. The van der Waals surface area contributed by atoms with E-state index in [1.54, 1.807) is 0 Å². The highest BCUT2D eigenvalue weighted by molar-refractivity contribution is 5.82. The highest BCUT2D eigenvalue weighted by Gasteiger charge is 2.81. The van der Waals surface area contributed by atoms with Crippen molar-refractivity contribution in [2.75, 3.05) is 25.0 Å². The standard InChI is InChI=1S/C22H26N2O3/c1-2-27-18(26)16-17(25)20-8-5-12-24-13-11-21(19(20)24)14-6-3-4-7-15(14)23-22(16,21)10-9-20/h3-8,16-17,19,23,25H,2,9-13H2,1H3/t16-,17+,19-,20+,21+,22+/m0/s1. The van der Waals surface area contributed by atoms with E-state index in [-0.39, 0.29) is 22.8 Å². The number of anilines is 1. The number of nitrogens with zero attached hydrogens (tertiary/aromatic N) is 1. The van der Waals surface area contributed by atoms with Crippen molar-refractivity contribution in [3.63, 3.8) is 0 Å². The Labute approximate surface area is 159 Å². The molecule has 0 amide bonds. The Balaban J connectivity index is 1.65. The maximum absolute atomic E-state index is 13.2. The monoisotopic (exact) mass is 366 g/mol. The molecule has 4 fully saturated rings. The topological polar surface area (TPSA) is 61.8 Å². The summed E-state index contributed by atoms with van der Waals surface area (Å²) in [5, 5.41) is 15.4. The second-order valence-electron chi connectivity index (χ2n) is 8.95. The van der Waals surface area contributed by atoms with Gasteiger partial charge >= 0.3 is 5.97 Å². The van der Waals surface area contributed by atoms with Crippen LogP contribution in [-0.2, 0) is 14.9 Å². The molecule has 3 heterocycles. The van der Waals surface area contributed by atoms with Crippen molar-refractivity contribution in [3.8, 4) is 0 Å². The number of hydrogen-bond donors (Lipinski definition) is 2. The summed E-state index contributed by atoms with van der Waals surface area (Å²) in [6.07, 6.45) is 6.53. The normalized spacial score (nSPS) is 45.8. The second kappa shape index (κ2) is 4.95. The van der Waals surface area contributed by atoms with Gasteiger partial charge < -0.3 is 15.2 Å². The summed E-state index contributed by atoms with van der Waals surface area (Å²) in [4.78, 5) is 15.7. The number of nitrogens with one attached hydrogen (secondary N) is 1. The van der Waals surface area contributed by atoms with Crippen LogP contribution < -0.4 is 5.32 Å². The number of ether oxygens (including phenoxy) is 1. The molecule has 0 aromatic heterocycles.